The SMILES string of the molecule is Cn1ccc2cccc(C(=O)N3CC(CN4CCC(c5ccc(F)cc5)CC4)[C@H](C(F)(F)F)C3)c21. The van der Waals surface area contributed by atoms with Gasteiger partial charge in [-0.25, -0.2) is 4.39 Å². The van der Waals surface area contributed by atoms with Crippen molar-refractivity contribution in [1.82, 2.24) is 14.4 Å². The van der Waals surface area contributed by atoms with Gasteiger partial charge in [0.05, 0.1) is 17.0 Å². The van der Waals surface area contributed by atoms with Crippen molar-refractivity contribution in [3.63, 3.8) is 0 Å². The number of halogens is 4. The summed E-state index contributed by atoms with van der Waals surface area (Å²) in [6, 6.07) is 13.8. The van der Waals surface area contributed by atoms with Crippen LogP contribution < -0.4 is 0 Å². The Morgan fingerprint density at radius 2 is 1.71 bits per heavy atom. The number of likely N-dealkylation sites (tertiary alicyclic amines) is 2. The van der Waals surface area contributed by atoms with E-state index in [4.69, 9.17) is 0 Å². The summed E-state index contributed by atoms with van der Waals surface area (Å²) >= 11 is 0. The topological polar surface area (TPSA) is 28.5 Å². The lowest BCUT2D eigenvalue weighted by Crippen LogP contribution is -2.41. The number of hydrogen-bond donors (Lipinski definition) is 0. The van der Waals surface area contributed by atoms with Crippen molar-refractivity contribution in [3.8, 4) is 0 Å². The fraction of sp³-hybridized carbons (Fsp3) is 0.444. The number of carbonyl (C=O) groups is 1. The number of carbonyl (C=O) groups excluding carboxylic acids is 1. The van der Waals surface area contributed by atoms with E-state index >= 15 is 0 Å². The average Bonchev–Trinajstić information content (AvgIpc) is 3.44. The number of fused-ring (bicyclic) bond motifs is 1. The molecule has 3 aromatic rings. The Bertz CT molecular complexity index is 1200. The monoisotopic (exact) mass is 487 g/mol. The van der Waals surface area contributed by atoms with Gasteiger partial charge >= 0.3 is 6.18 Å². The molecule has 0 spiro atoms. The van der Waals surface area contributed by atoms with E-state index in [1.807, 2.05) is 29.9 Å². The minimum atomic E-state index is -4.36. The largest absolute Gasteiger partial charge is 0.393 e. The molecule has 2 saturated heterocycles. The van der Waals surface area contributed by atoms with Gasteiger partial charge in [-0.15, -0.1) is 0 Å². The molecule has 8 heteroatoms. The van der Waals surface area contributed by atoms with Crippen molar-refractivity contribution in [3.05, 3.63) is 71.7 Å². The molecule has 0 saturated carbocycles. The molecule has 2 atom stereocenters. The van der Waals surface area contributed by atoms with Gasteiger partial charge in [-0.3, -0.25) is 4.79 Å². The molecule has 3 heterocycles. The van der Waals surface area contributed by atoms with Crippen LogP contribution >= 0.6 is 0 Å². The first-order chi connectivity index (χ1) is 16.7. The predicted octanol–water partition coefficient (Wildman–Crippen LogP) is 5.45. The number of alkyl halides is 3. The predicted molar refractivity (Wildman–Crippen MR) is 127 cm³/mol. The maximum absolute atomic E-state index is 14.0. The molecule has 186 valence electrons. The van der Waals surface area contributed by atoms with Crippen LogP contribution in [0.25, 0.3) is 10.9 Å². The van der Waals surface area contributed by atoms with E-state index in [2.05, 4.69) is 4.90 Å². The van der Waals surface area contributed by atoms with Crippen molar-refractivity contribution in [1.29, 1.82) is 0 Å². The Balaban J connectivity index is 1.28. The van der Waals surface area contributed by atoms with Crippen LogP contribution in [0.15, 0.2) is 54.7 Å². The lowest BCUT2D eigenvalue weighted by atomic mass is 9.88. The third-order valence-corrected chi connectivity index (χ3v) is 7.70. The van der Waals surface area contributed by atoms with E-state index in [9.17, 15) is 22.4 Å². The van der Waals surface area contributed by atoms with Crippen LogP contribution in [0.2, 0.25) is 0 Å². The second-order valence-corrected chi connectivity index (χ2v) is 9.91. The number of hydrogen-bond acceptors (Lipinski definition) is 2. The molecule has 2 fully saturated rings. The zero-order valence-electron chi connectivity index (χ0n) is 19.6. The smallest absolute Gasteiger partial charge is 0.350 e. The quantitative estimate of drug-likeness (QED) is 0.458. The van der Waals surface area contributed by atoms with Gasteiger partial charge in [0, 0.05) is 44.2 Å². The van der Waals surface area contributed by atoms with Gasteiger partial charge in [0.2, 0.25) is 0 Å². The second kappa shape index (κ2) is 9.30. The average molecular weight is 488 g/mol. The molecule has 5 rings (SSSR count). The molecule has 2 aromatic carbocycles. The zero-order chi connectivity index (χ0) is 24.7. The van der Waals surface area contributed by atoms with E-state index < -0.39 is 18.0 Å². The molecule has 2 aliphatic rings. The third-order valence-electron chi connectivity index (χ3n) is 7.70. The van der Waals surface area contributed by atoms with Crippen LogP contribution in [0, 0.1) is 17.7 Å². The van der Waals surface area contributed by atoms with E-state index in [-0.39, 0.29) is 30.7 Å². The molecule has 35 heavy (non-hydrogen) atoms. The second-order valence-electron chi connectivity index (χ2n) is 9.91. The minimum absolute atomic E-state index is 0.0989. The molecule has 0 N–H and O–H groups in total. The van der Waals surface area contributed by atoms with Crippen molar-refractivity contribution in [2.45, 2.75) is 24.9 Å². The fourth-order valence-electron chi connectivity index (χ4n) is 5.81. The summed E-state index contributed by atoms with van der Waals surface area (Å²) in [5, 5.41) is 0.894. The first kappa shape index (κ1) is 23.9. The maximum atomic E-state index is 14.0. The molecular formula is C27H29F4N3O. The summed E-state index contributed by atoms with van der Waals surface area (Å²) < 4.78 is 57.0. The number of para-hydroxylation sites is 1. The van der Waals surface area contributed by atoms with Crippen LogP contribution in [0.4, 0.5) is 17.6 Å². The molecule has 0 radical (unpaired) electrons. The first-order valence-electron chi connectivity index (χ1n) is 12.1. The van der Waals surface area contributed by atoms with E-state index in [0.717, 1.165) is 29.3 Å². The number of amides is 1. The van der Waals surface area contributed by atoms with Gasteiger partial charge < -0.3 is 14.4 Å². The normalized spacial score (nSPS) is 22.3. The molecule has 0 aliphatic carbocycles. The molecule has 1 amide bonds. The summed E-state index contributed by atoms with van der Waals surface area (Å²) in [5.41, 5.74) is 2.26. The Morgan fingerprint density at radius 3 is 2.40 bits per heavy atom. The lowest BCUT2D eigenvalue weighted by Gasteiger charge is -2.35. The number of rotatable bonds is 4. The van der Waals surface area contributed by atoms with Gasteiger partial charge in [-0.05, 0) is 61.7 Å². The summed E-state index contributed by atoms with van der Waals surface area (Å²) in [6.45, 7) is 1.50. The number of aromatic nitrogens is 1. The van der Waals surface area contributed by atoms with Crippen LogP contribution in [0.3, 0.4) is 0 Å². The Morgan fingerprint density at radius 1 is 1.00 bits per heavy atom. The molecule has 1 unspecified atom stereocenters. The fourth-order valence-corrected chi connectivity index (χ4v) is 5.81. The van der Waals surface area contributed by atoms with Crippen LogP contribution in [-0.2, 0) is 7.05 Å². The number of benzene rings is 2. The van der Waals surface area contributed by atoms with Gasteiger partial charge in [0.25, 0.3) is 5.91 Å². The zero-order valence-corrected chi connectivity index (χ0v) is 19.6. The highest BCUT2D eigenvalue weighted by Gasteiger charge is 2.51. The van der Waals surface area contributed by atoms with Crippen molar-refractivity contribution >= 4 is 16.8 Å². The lowest BCUT2D eigenvalue weighted by molar-refractivity contribution is -0.181. The van der Waals surface area contributed by atoms with Crippen molar-refractivity contribution in [2.75, 3.05) is 32.7 Å². The van der Waals surface area contributed by atoms with Crippen LogP contribution in [-0.4, -0.2) is 59.2 Å². The highest BCUT2D eigenvalue weighted by atomic mass is 19.4. The molecule has 0 bridgehead atoms. The van der Waals surface area contributed by atoms with E-state index in [1.54, 1.807) is 24.3 Å². The summed E-state index contributed by atoms with van der Waals surface area (Å²) in [4.78, 5) is 16.8. The Hall–Kier alpha value is -2.87. The van der Waals surface area contributed by atoms with Gasteiger partial charge in [-0.2, -0.15) is 13.2 Å². The number of piperidine rings is 1. The standard InChI is InChI=1S/C27H29F4N3O/c1-32-12-9-20-3-2-4-23(25(20)32)26(35)34-16-21(24(17-34)27(29,30)31)15-33-13-10-19(11-14-33)18-5-7-22(28)8-6-18/h2-9,12,19,21,24H,10-11,13-17H2,1H3/t21?,24-/m1/s1. The molecular weight excluding hydrogens is 458 g/mol. The minimum Gasteiger partial charge on any atom is -0.350 e. The molecule has 1 aromatic heterocycles. The Kier molecular flexibility index (Phi) is 6.34. The van der Waals surface area contributed by atoms with Crippen LogP contribution in [0.5, 0.6) is 0 Å². The van der Waals surface area contributed by atoms with Crippen molar-refractivity contribution < 1.29 is 22.4 Å². The van der Waals surface area contributed by atoms with Crippen LogP contribution in [0.1, 0.15) is 34.7 Å². The summed E-state index contributed by atoms with van der Waals surface area (Å²) in [5.74, 6) is -2.52. The molecule has 2 aliphatic heterocycles. The van der Waals surface area contributed by atoms with Gasteiger partial charge in [0.15, 0.2) is 0 Å². The maximum Gasteiger partial charge on any atom is 0.393 e. The first-order valence-corrected chi connectivity index (χ1v) is 12.1. The third kappa shape index (κ3) is 4.81. The van der Waals surface area contributed by atoms with E-state index in [0.29, 0.717) is 25.2 Å². The number of nitrogens with zero attached hydrogens (tertiary/aromatic N) is 3. The Labute approximate surface area is 202 Å². The highest BCUT2D eigenvalue weighted by Crippen LogP contribution is 2.39. The summed E-state index contributed by atoms with van der Waals surface area (Å²) in [6.07, 6.45) is -0.855. The van der Waals surface area contributed by atoms with Gasteiger partial charge in [0.1, 0.15) is 5.82 Å². The molecule has 4 nitrogen and oxygen atoms in total. The highest BCUT2D eigenvalue weighted by molar-refractivity contribution is 6.06. The van der Waals surface area contributed by atoms with Crippen molar-refractivity contribution in [2.24, 2.45) is 18.9 Å². The summed E-state index contributed by atoms with van der Waals surface area (Å²) in [7, 11) is 1.83. The van der Waals surface area contributed by atoms with E-state index in [1.165, 1.54) is 17.0 Å². The van der Waals surface area contributed by atoms with Gasteiger partial charge in [-0.1, -0.05) is 24.3 Å². The number of aryl methyl sites for hydroxylation is 1.